The van der Waals surface area contributed by atoms with Crippen LogP contribution in [-0.4, -0.2) is 23.1 Å². The summed E-state index contributed by atoms with van der Waals surface area (Å²) >= 11 is 0. The molecule has 0 bridgehead atoms. The van der Waals surface area contributed by atoms with Gasteiger partial charge in [-0.3, -0.25) is 0 Å². The van der Waals surface area contributed by atoms with Crippen LogP contribution in [0.1, 0.15) is 111 Å². The number of rotatable bonds is 18. The first kappa shape index (κ1) is 23.3. The first-order chi connectivity index (χ1) is 11.2. The van der Waals surface area contributed by atoms with Crippen LogP contribution in [0, 0.1) is 0 Å². The minimum Gasteiger partial charge on any atom is -0.323 e. The monoisotopic (exact) mass is 345 g/mol. The first-order valence-corrected chi connectivity index (χ1v) is 13.0. The SMILES string of the molecule is CCCCCCCCCCCCS(CN)(CCCC)CCCC. The van der Waals surface area contributed by atoms with Gasteiger partial charge in [0.25, 0.3) is 0 Å². The second-order valence-electron chi connectivity index (χ2n) is 7.39. The van der Waals surface area contributed by atoms with Crippen LogP contribution in [0.3, 0.4) is 0 Å². The lowest BCUT2D eigenvalue weighted by atomic mass is 10.1. The lowest BCUT2D eigenvalue weighted by molar-refractivity contribution is 0.562. The summed E-state index contributed by atoms with van der Waals surface area (Å²) in [5.74, 6) is 5.33. The average Bonchev–Trinajstić information content (AvgIpc) is 2.58. The van der Waals surface area contributed by atoms with Crippen molar-refractivity contribution in [2.24, 2.45) is 5.73 Å². The molecule has 0 atom stereocenters. The fourth-order valence-corrected chi connectivity index (χ4v) is 7.08. The van der Waals surface area contributed by atoms with Gasteiger partial charge in [0.15, 0.2) is 0 Å². The van der Waals surface area contributed by atoms with Crippen LogP contribution in [0.4, 0.5) is 0 Å². The molecule has 0 aromatic heterocycles. The van der Waals surface area contributed by atoms with Gasteiger partial charge >= 0.3 is 0 Å². The molecule has 0 aliphatic rings. The Hall–Kier alpha value is 0.310. The average molecular weight is 346 g/mol. The van der Waals surface area contributed by atoms with E-state index in [1.165, 1.54) is 107 Å². The molecule has 23 heavy (non-hydrogen) atoms. The van der Waals surface area contributed by atoms with E-state index in [0.29, 0.717) is 0 Å². The maximum atomic E-state index is 6.25. The number of hydrogen-bond acceptors (Lipinski definition) is 1. The standard InChI is InChI=1S/C21H47NS/c1-4-7-10-11-12-13-14-15-16-17-20-23(21-22,18-8-5-2)19-9-6-3/h4-22H2,1-3H3. The van der Waals surface area contributed by atoms with Gasteiger partial charge in [0.2, 0.25) is 0 Å². The van der Waals surface area contributed by atoms with E-state index in [2.05, 4.69) is 20.8 Å². The van der Waals surface area contributed by atoms with Crippen LogP contribution in [0.25, 0.3) is 0 Å². The van der Waals surface area contributed by atoms with Gasteiger partial charge in [-0.1, -0.05) is 91.4 Å². The molecule has 142 valence electrons. The Morgan fingerprint density at radius 1 is 0.478 bits per heavy atom. The lowest BCUT2D eigenvalue weighted by Crippen LogP contribution is -2.22. The summed E-state index contributed by atoms with van der Waals surface area (Å²) in [6, 6.07) is 0. The molecule has 1 nitrogen and oxygen atoms in total. The van der Waals surface area contributed by atoms with E-state index in [-0.39, 0.29) is 0 Å². The van der Waals surface area contributed by atoms with E-state index >= 15 is 0 Å². The molecule has 0 aromatic carbocycles. The van der Waals surface area contributed by atoms with E-state index in [9.17, 15) is 0 Å². The van der Waals surface area contributed by atoms with Crippen LogP contribution < -0.4 is 5.73 Å². The van der Waals surface area contributed by atoms with Crippen molar-refractivity contribution in [3.05, 3.63) is 0 Å². The summed E-state index contributed by atoms with van der Waals surface area (Å²) in [5, 5.41) is 0. The Morgan fingerprint density at radius 2 is 0.826 bits per heavy atom. The van der Waals surface area contributed by atoms with Crippen LogP contribution in [0.2, 0.25) is 0 Å². The minimum absolute atomic E-state index is 0.489. The smallest absolute Gasteiger partial charge is 0.0235 e. The third kappa shape index (κ3) is 13.3. The highest BCUT2D eigenvalue weighted by atomic mass is 32.3. The van der Waals surface area contributed by atoms with E-state index in [4.69, 9.17) is 5.73 Å². The highest BCUT2D eigenvalue weighted by Gasteiger charge is 2.20. The summed E-state index contributed by atoms with van der Waals surface area (Å²) in [7, 11) is -0.489. The zero-order chi connectivity index (χ0) is 17.2. The summed E-state index contributed by atoms with van der Waals surface area (Å²) in [6.07, 6.45) is 19.9. The lowest BCUT2D eigenvalue weighted by Gasteiger charge is -2.39. The minimum atomic E-state index is -0.489. The van der Waals surface area contributed by atoms with Crippen LogP contribution in [0.15, 0.2) is 0 Å². The maximum absolute atomic E-state index is 6.25. The van der Waals surface area contributed by atoms with Crippen molar-refractivity contribution in [2.45, 2.75) is 111 Å². The largest absolute Gasteiger partial charge is 0.323 e. The van der Waals surface area contributed by atoms with Crippen molar-refractivity contribution in [3.8, 4) is 0 Å². The quantitative estimate of drug-likeness (QED) is 0.260. The van der Waals surface area contributed by atoms with Crippen molar-refractivity contribution in [3.63, 3.8) is 0 Å². The van der Waals surface area contributed by atoms with Crippen molar-refractivity contribution < 1.29 is 0 Å². The van der Waals surface area contributed by atoms with Gasteiger partial charge < -0.3 is 5.73 Å². The highest BCUT2D eigenvalue weighted by molar-refractivity contribution is 8.33. The van der Waals surface area contributed by atoms with Crippen LogP contribution in [-0.2, 0) is 0 Å². The molecule has 0 aliphatic carbocycles. The van der Waals surface area contributed by atoms with Gasteiger partial charge in [-0.05, 0) is 36.5 Å². The van der Waals surface area contributed by atoms with Gasteiger partial charge in [-0.2, -0.15) is 0 Å². The molecule has 0 aliphatic heterocycles. The molecule has 0 saturated carbocycles. The van der Waals surface area contributed by atoms with E-state index in [1.54, 1.807) is 0 Å². The third-order valence-electron chi connectivity index (χ3n) is 5.15. The molecule has 0 rings (SSSR count). The van der Waals surface area contributed by atoms with Crippen LogP contribution in [0.5, 0.6) is 0 Å². The van der Waals surface area contributed by atoms with Gasteiger partial charge in [-0.15, -0.1) is 0 Å². The second kappa shape index (κ2) is 17.1. The zero-order valence-electron chi connectivity index (χ0n) is 16.7. The molecule has 0 fully saturated rings. The van der Waals surface area contributed by atoms with Crippen molar-refractivity contribution in [2.75, 3.05) is 23.1 Å². The number of nitrogens with two attached hydrogens (primary N) is 1. The molecule has 0 radical (unpaired) electrons. The Balaban J connectivity index is 3.76. The molecule has 0 saturated heterocycles. The predicted octanol–water partition coefficient (Wildman–Crippen LogP) is 7.23. The summed E-state index contributed by atoms with van der Waals surface area (Å²) in [4.78, 5) is 0. The summed E-state index contributed by atoms with van der Waals surface area (Å²) in [5.41, 5.74) is 6.25. The van der Waals surface area contributed by atoms with Crippen molar-refractivity contribution >= 4 is 10.0 Å². The Labute approximate surface area is 149 Å². The van der Waals surface area contributed by atoms with Gasteiger partial charge in [0.1, 0.15) is 0 Å². The molecule has 0 amide bonds. The molecule has 0 aromatic rings. The highest BCUT2D eigenvalue weighted by Crippen LogP contribution is 2.48. The fraction of sp³-hybridized carbons (Fsp3) is 1.00. The number of unbranched alkanes of at least 4 members (excludes halogenated alkanes) is 11. The molecule has 0 heterocycles. The second-order valence-corrected chi connectivity index (χ2v) is 11.4. The van der Waals surface area contributed by atoms with Crippen molar-refractivity contribution in [1.82, 2.24) is 0 Å². The molecule has 0 spiro atoms. The topological polar surface area (TPSA) is 26.0 Å². The summed E-state index contributed by atoms with van der Waals surface area (Å²) < 4.78 is 0. The van der Waals surface area contributed by atoms with Gasteiger partial charge in [0, 0.05) is 5.88 Å². The van der Waals surface area contributed by atoms with E-state index in [1.807, 2.05) is 0 Å². The Morgan fingerprint density at radius 3 is 1.22 bits per heavy atom. The zero-order valence-corrected chi connectivity index (χ0v) is 17.5. The van der Waals surface area contributed by atoms with Gasteiger partial charge in [-0.25, -0.2) is 10.0 Å². The molecule has 2 N–H and O–H groups in total. The molecule has 2 heteroatoms. The molecular weight excluding hydrogens is 298 g/mol. The van der Waals surface area contributed by atoms with Crippen molar-refractivity contribution in [1.29, 1.82) is 0 Å². The third-order valence-corrected chi connectivity index (χ3v) is 9.32. The fourth-order valence-electron chi connectivity index (χ4n) is 3.35. The first-order valence-electron chi connectivity index (χ1n) is 10.7. The summed E-state index contributed by atoms with van der Waals surface area (Å²) in [6.45, 7) is 6.94. The molecular formula is C21H47NS. The predicted molar refractivity (Wildman–Crippen MR) is 113 cm³/mol. The Kier molecular flexibility index (Phi) is 17.4. The van der Waals surface area contributed by atoms with E-state index < -0.39 is 10.0 Å². The van der Waals surface area contributed by atoms with E-state index in [0.717, 1.165) is 5.88 Å². The maximum Gasteiger partial charge on any atom is 0.0235 e. The normalized spacial score (nSPS) is 12.7. The number of hydrogen-bond donors (Lipinski definition) is 1. The molecule has 0 unspecified atom stereocenters. The van der Waals surface area contributed by atoms with Gasteiger partial charge in [0.05, 0.1) is 0 Å². The van der Waals surface area contributed by atoms with Crippen LogP contribution >= 0.6 is 10.0 Å². The Bertz CT molecular complexity index is 222.